The third-order valence-electron chi connectivity index (χ3n) is 10.8. The highest BCUT2D eigenvalue weighted by Gasteiger charge is 2.28. The number of aliphatic imine (C=N–C) groups is 2. The van der Waals surface area contributed by atoms with Gasteiger partial charge in [0.05, 0.1) is 32.5 Å². The fourth-order valence-corrected chi connectivity index (χ4v) is 9.59. The Bertz CT molecular complexity index is 3360. The third kappa shape index (κ3) is 5.23. The van der Waals surface area contributed by atoms with E-state index in [2.05, 4.69) is 131 Å². The maximum atomic E-state index is 5.08. The molecule has 0 N–H and O–H groups in total. The topological polar surface area (TPSA) is 73.2 Å². The van der Waals surface area contributed by atoms with Crippen molar-refractivity contribution < 1.29 is 0 Å². The van der Waals surface area contributed by atoms with Crippen LogP contribution in [0.15, 0.2) is 174 Å². The zero-order valence-electron chi connectivity index (χ0n) is 31.4. The number of thiophene rings is 1. The Morgan fingerprint density at radius 2 is 1.00 bits per heavy atom. The van der Waals surface area contributed by atoms with Gasteiger partial charge in [0.15, 0.2) is 17.5 Å². The second kappa shape index (κ2) is 13.6. The van der Waals surface area contributed by atoms with Crippen LogP contribution in [0.1, 0.15) is 4.88 Å². The number of benzene rings is 7. The second-order valence-electron chi connectivity index (χ2n) is 14.2. The molecular weight excluding hydrogens is 731 g/mol. The summed E-state index contributed by atoms with van der Waals surface area (Å²) in [5.74, 6) is 1.86. The Morgan fingerprint density at radius 1 is 0.517 bits per heavy atom. The van der Waals surface area contributed by atoms with Crippen molar-refractivity contribution in [2.75, 3.05) is 0 Å². The lowest BCUT2D eigenvalue weighted by Crippen LogP contribution is -2.01. The molecule has 0 aliphatic carbocycles. The number of fused-ring (bicyclic) bond motifs is 10. The Labute approximate surface area is 337 Å². The number of rotatable bonds is 7. The molecule has 11 rings (SSSR count). The Morgan fingerprint density at radius 3 is 1.60 bits per heavy atom. The fourth-order valence-electron chi connectivity index (χ4n) is 8.45. The van der Waals surface area contributed by atoms with E-state index in [9.17, 15) is 0 Å². The number of aryl methyl sites for hydroxylation is 1. The first-order valence-electron chi connectivity index (χ1n) is 19.1. The van der Waals surface area contributed by atoms with Crippen LogP contribution in [0.4, 0.5) is 5.69 Å². The summed E-state index contributed by atoms with van der Waals surface area (Å²) in [4.78, 5) is 25.2. The zero-order chi connectivity index (χ0) is 38.7. The van der Waals surface area contributed by atoms with Crippen LogP contribution in [0.25, 0.3) is 99.2 Å². The van der Waals surface area contributed by atoms with Crippen molar-refractivity contribution in [1.29, 1.82) is 0 Å². The largest absolute Gasteiger partial charge is 0.308 e. The minimum absolute atomic E-state index is 0.606. The van der Waals surface area contributed by atoms with E-state index in [1.165, 1.54) is 21.5 Å². The number of nitrogens with zero attached hydrogens (tertiary/aromatic N) is 7. The molecule has 0 atom stereocenters. The Balaban J connectivity index is 1.26. The van der Waals surface area contributed by atoms with Crippen LogP contribution in [0.5, 0.6) is 0 Å². The first kappa shape index (κ1) is 33.8. The molecule has 0 bridgehead atoms. The molecule has 0 amide bonds. The summed E-state index contributed by atoms with van der Waals surface area (Å²) in [6.07, 6.45) is 1.56. The van der Waals surface area contributed by atoms with Gasteiger partial charge in [-0.1, -0.05) is 127 Å². The van der Waals surface area contributed by atoms with Gasteiger partial charge in [-0.25, -0.2) is 19.9 Å². The van der Waals surface area contributed by atoms with E-state index in [-0.39, 0.29) is 0 Å². The molecule has 0 unspecified atom stereocenters. The van der Waals surface area contributed by atoms with Crippen LogP contribution in [0.2, 0.25) is 0 Å². The van der Waals surface area contributed by atoms with Gasteiger partial charge in [-0.05, 0) is 50.0 Å². The highest BCUT2D eigenvalue weighted by Crippen LogP contribution is 2.52. The smallest absolute Gasteiger partial charge is 0.164 e. The van der Waals surface area contributed by atoms with Gasteiger partial charge in [0.25, 0.3) is 0 Å². The van der Waals surface area contributed by atoms with E-state index in [1.807, 2.05) is 60.7 Å². The van der Waals surface area contributed by atoms with Crippen molar-refractivity contribution >= 4 is 83.8 Å². The molecule has 4 heterocycles. The summed E-state index contributed by atoms with van der Waals surface area (Å²) in [6.45, 7) is 5.87. The lowest BCUT2D eigenvalue weighted by Gasteiger charge is -2.13. The normalized spacial score (nSPS) is 11.9. The van der Waals surface area contributed by atoms with Crippen LogP contribution >= 0.6 is 11.3 Å². The Kier molecular flexibility index (Phi) is 7.91. The van der Waals surface area contributed by atoms with E-state index in [0.29, 0.717) is 17.5 Å². The van der Waals surface area contributed by atoms with Crippen LogP contribution in [0, 0.1) is 6.92 Å². The van der Waals surface area contributed by atoms with E-state index < -0.39 is 0 Å². The minimum Gasteiger partial charge on any atom is -0.308 e. The molecule has 0 aliphatic heterocycles. The van der Waals surface area contributed by atoms with Gasteiger partial charge in [0, 0.05) is 59.9 Å². The van der Waals surface area contributed by atoms with Gasteiger partial charge in [-0.15, -0.1) is 11.3 Å². The molecule has 4 aromatic heterocycles. The molecule has 58 heavy (non-hydrogen) atoms. The number of hydrogen-bond donors (Lipinski definition) is 0. The fraction of sp³-hybridized carbons (Fsp3) is 0.0200. The van der Waals surface area contributed by atoms with E-state index in [4.69, 9.17) is 19.9 Å². The highest BCUT2D eigenvalue weighted by atomic mass is 32.1. The average molecular weight is 764 g/mol. The molecule has 0 aliphatic rings. The molecule has 274 valence electrons. The number of aromatic nitrogens is 5. The maximum absolute atomic E-state index is 5.08. The van der Waals surface area contributed by atoms with Crippen molar-refractivity contribution in [3.8, 4) is 45.5 Å². The standard InChI is InChI=1S/C50H33N7S/c1-31-44(52-30-51-2)43-45-41(37-25-12-14-27-39(37)56(45)35-22-10-5-11-23-35)42-38-26-13-15-28-40(38)57(46(42)47(43)58-31)36-24-16-21-34(29-36)50-54-48(32-17-6-3-7-18-32)53-49(55-50)33-19-8-4-9-20-33/h3-30H,2H2,1H3. The molecule has 0 saturated heterocycles. The van der Waals surface area contributed by atoms with Crippen LogP contribution in [-0.4, -0.2) is 37.1 Å². The summed E-state index contributed by atoms with van der Waals surface area (Å²) in [5.41, 5.74) is 10.2. The summed E-state index contributed by atoms with van der Waals surface area (Å²) in [5, 5.41) is 5.82. The SMILES string of the molecule is C=NC=Nc1c(C)sc2c1c1c(c3ccccc3n1-c1ccccc1)c1c3ccccc3n(-c3cccc(-c4nc(-c5ccccc5)nc(-c5ccccc5)n4)c3)c21. The van der Waals surface area contributed by atoms with Crippen molar-refractivity contribution in [2.24, 2.45) is 9.98 Å². The van der Waals surface area contributed by atoms with Gasteiger partial charge in [-0.2, -0.15) is 0 Å². The molecule has 7 aromatic carbocycles. The van der Waals surface area contributed by atoms with Gasteiger partial charge in [-0.3, -0.25) is 4.99 Å². The van der Waals surface area contributed by atoms with Crippen LogP contribution in [0.3, 0.4) is 0 Å². The van der Waals surface area contributed by atoms with Crippen molar-refractivity contribution in [3.63, 3.8) is 0 Å². The summed E-state index contributed by atoms with van der Waals surface area (Å²) < 4.78 is 5.97. The van der Waals surface area contributed by atoms with Crippen LogP contribution in [-0.2, 0) is 0 Å². The third-order valence-corrected chi connectivity index (χ3v) is 11.9. The molecule has 0 fully saturated rings. The molecule has 0 spiro atoms. The average Bonchev–Trinajstić information content (AvgIpc) is 3.93. The van der Waals surface area contributed by atoms with Gasteiger partial charge in [0.1, 0.15) is 6.34 Å². The maximum Gasteiger partial charge on any atom is 0.164 e. The first-order chi connectivity index (χ1) is 28.7. The molecule has 0 saturated carbocycles. The predicted molar refractivity (Wildman–Crippen MR) is 243 cm³/mol. The summed E-state index contributed by atoms with van der Waals surface area (Å²) >= 11 is 1.77. The molecular formula is C50H33N7S. The molecule has 11 aromatic rings. The lowest BCUT2D eigenvalue weighted by molar-refractivity contribution is 1.07. The van der Waals surface area contributed by atoms with Crippen molar-refractivity contribution in [3.05, 3.63) is 169 Å². The van der Waals surface area contributed by atoms with E-state index in [1.54, 1.807) is 17.7 Å². The lowest BCUT2D eigenvalue weighted by atomic mass is 10.0. The second-order valence-corrected chi connectivity index (χ2v) is 15.4. The first-order valence-corrected chi connectivity index (χ1v) is 19.9. The predicted octanol–water partition coefficient (Wildman–Crippen LogP) is 13.0. The molecule has 8 heteroatoms. The van der Waals surface area contributed by atoms with Gasteiger partial charge >= 0.3 is 0 Å². The van der Waals surface area contributed by atoms with Crippen molar-refractivity contribution in [2.45, 2.75) is 6.92 Å². The van der Waals surface area contributed by atoms with Crippen molar-refractivity contribution in [1.82, 2.24) is 24.1 Å². The number of hydrogen-bond acceptors (Lipinski definition) is 5. The van der Waals surface area contributed by atoms with E-state index >= 15 is 0 Å². The van der Waals surface area contributed by atoms with Crippen LogP contribution < -0.4 is 0 Å². The molecule has 7 nitrogen and oxygen atoms in total. The minimum atomic E-state index is 0.606. The summed E-state index contributed by atoms with van der Waals surface area (Å²) in [7, 11) is 0. The molecule has 0 radical (unpaired) electrons. The number of para-hydroxylation sites is 3. The quantitative estimate of drug-likeness (QED) is 0.120. The zero-order valence-corrected chi connectivity index (χ0v) is 32.2. The van der Waals surface area contributed by atoms with Gasteiger partial charge < -0.3 is 9.13 Å². The summed E-state index contributed by atoms with van der Waals surface area (Å²) in [6, 6.07) is 56.8. The monoisotopic (exact) mass is 763 g/mol. The van der Waals surface area contributed by atoms with E-state index in [0.717, 1.165) is 70.8 Å². The van der Waals surface area contributed by atoms with Gasteiger partial charge in [0.2, 0.25) is 0 Å². The Hall–Kier alpha value is -7.55. The highest BCUT2D eigenvalue weighted by molar-refractivity contribution is 7.21.